The summed E-state index contributed by atoms with van der Waals surface area (Å²) in [5.74, 6) is -1.07. The van der Waals surface area contributed by atoms with Gasteiger partial charge in [0.1, 0.15) is 0 Å². The molecule has 6 nitrogen and oxygen atoms in total. The van der Waals surface area contributed by atoms with Crippen LogP contribution in [-0.2, 0) is 11.2 Å². The zero-order valence-electron chi connectivity index (χ0n) is 11.6. The average Bonchev–Trinajstić information content (AvgIpc) is 2.87. The fourth-order valence-corrected chi connectivity index (χ4v) is 2.57. The molecule has 0 saturated carbocycles. The standard InChI is InChI=1S/C15H12ClN3O3/c1-8-11(6-13(20)21)15(22)19-14(18-8)12(7-17-19)9-3-2-4-10(16)5-9/h2-5,7,17H,6H2,1H3,(H,20,21). The fourth-order valence-electron chi connectivity index (χ4n) is 2.38. The minimum Gasteiger partial charge on any atom is -0.481 e. The maximum atomic E-state index is 12.4. The lowest BCUT2D eigenvalue weighted by Gasteiger charge is -2.04. The van der Waals surface area contributed by atoms with Gasteiger partial charge in [0.05, 0.1) is 12.0 Å². The topological polar surface area (TPSA) is 87.5 Å². The second-order valence-electron chi connectivity index (χ2n) is 4.91. The molecule has 0 atom stereocenters. The van der Waals surface area contributed by atoms with Crippen LogP contribution in [0.2, 0.25) is 5.02 Å². The Labute approximate surface area is 130 Å². The van der Waals surface area contributed by atoms with Crippen molar-refractivity contribution in [1.82, 2.24) is 14.6 Å². The number of fused-ring (bicyclic) bond motifs is 1. The zero-order valence-corrected chi connectivity index (χ0v) is 12.4. The molecule has 0 unspecified atom stereocenters. The summed E-state index contributed by atoms with van der Waals surface area (Å²) in [6.07, 6.45) is 1.30. The predicted octanol–water partition coefficient (Wildman–Crippen LogP) is 2.28. The van der Waals surface area contributed by atoms with Gasteiger partial charge >= 0.3 is 5.97 Å². The van der Waals surface area contributed by atoms with Gasteiger partial charge in [-0.15, -0.1) is 0 Å². The van der Waals surface area contributed by atoms with Crippen molar-refractivity contribution >= 4 is 23.2 Å². The smallest absolute Gasteiger partial charge is 0.308 e. The third kappa shape index (κ3) is 2.37. The van der Waals surface area contributed by atoms with E-state index in [2.05, 4.69) is 10.1 Å². The number of carboxylic acids is 1. The maximum absolute atomic E-state index is 12.4. The molecule has 0 aliphatic heterocycles. The van der Waals surface area contributed by atoms with Crippen molar-refractivity contribution in [1.29, 1.82) is 0 Å². The van der Waals surface area contributed by atoms with Crippen molar-refractivity contribution in [3.8, 4) is 11.1 Å². The van der Waals surface area contributed by atoms with Gasteiger partial charge in [0.2, 0.25) is 0 Å². The molecule has 0 bridgehead atoms. The van der Waals surface area contributed by atoms with Crippen LogP contribution in [0.4, 0.5) is 0 Å². The number of aliphatic carboxylic acids is 1. The molecule has 1 aromatic carbocycles. The van der Waals surface area contributed by atoms with Gasteiger partial charge in [-0.1, -0.05) is 23.7 Å². The number of rotatable bonds is 3. The van der Waals surface area contributed by atoms with E-state index in [1.807, 2.05) is 12.1 Å². The molecule has 0 aliphatic carbocycles. The van der Waals surface area contributed by atoms with Crippen LogP contribution in [0.5, 0.6) is 0 Å². The molecular weight excluding hydrogens is 306 g/mol. The minimum absolute atomic E-state index is 0.171. The van der Waals surface area contributed by atoms with Crippen LogP contribution in [0.3, 0.4) is 0 Å². The average molecular weight is 318 g/mol. The molecule has 2 N–H and O–H groups in total. The Morgan fingerprint density at radius 3 is 2.91 bits per heavy atom. The van der Waals surface area contributed by atoms with Gasteiger partial charge in [-0.2, -0.15) is 0 Å². The molecular formula is C15H12ClN3O3. The van der Waals surface area contributed by atoms with Gasteiger partial charge in [-0.05, 0) is 24.6 Å². The maximum Gasteiger partial charge on any atom is 0.308 e. The van der Waals surface area contributed by atoms with Gasteiger partial charge in [-0.3, -0.25) is 14.7 Å². The molecule has 7 heteroatoms. The number of aromatic amines is 1. The van der Waals surface area contributed by atoms with Gasteiger partial charge in [0, 0.05) is 22.5 Å². The summed E-state index contributed by atoms with van der Waals surface area (Å²) in [5.41, 5.74) is 2.17. The lowest BCUT2D eigenvalue weighted by molar-refractivity contribution is -0.136. The van der Waals surface area contributed by atoms with Gasteiger partial charge in [0.15, 0.2) is 5.65 Å². The van der Waals surface area contributed by atoms with E-state index in [0.29, 0.717) is 16.4 Å². The first-order chi connectivity index (χ1) is 10.5. The quantitative estimate of drug-likeness (QED) is 0.775. The number of benzene rings is 1. The second kappa shape index (κ2) is 5.31. The van der Waals surface area contributed by atoms with E-state index >= 15 is 0 Å². The number of H-pyrrole nitrogens is 1. The third-order valence-corrected chi connectivity index (χ3v) is 3.66. The van der Waals surface area contributed by atoms with Crippen LogP contribution >= 0.6 is 11.6 Å². The number of carbonyl (C=O) groups is 1. The number of aromatic nitrogens is 3. The van der Waals surface area contributed by atoms with Crippen LogP contribution < -0.4 is 5.56 Å². The van der Waals surface area contributed by atoms with Crippen molar-refractivity contribution in [2.24, 2.45) is 0 Å². The first kappa shape index (κ1) is 14.3. The number of aryl methyl sites for hydroxylation is 1. The molecule has 0 amide bonds. The molecule has 3 aromatic rings. The van der Waals surface area contributed by atoms with Crippen molar-refractivity contribution in [2.45, 2.75) is 13.3 Å². The predicted molar refractivity (Wildman–Crippen MR) is 82.3 cm³/mol. The summed E-state index contributed by atoms with van der Waals surface area (Å²) < 4.78 is 1.25. The van der Waals surface area contributed by atoms with E-state index in [0.717, 1.165) is 11.1 Å². The number of halogens is 1. The summed E-state index contributed by atoms with van der Waals surface area (Å²) in [5, 5.41) is 12.3. The molecule has 0 spiro atoms. The molecule has 0 radical (unpaired) electrons. The third-order valence-electron chi connectivity index (χ3n) is 3.43. The molecule has 2 aromatic heterocycles. The van der Waals surface area contributed by atoms with Crippen LogP contribution in [0.25, 0.3) is 16.8 Å². The number of hydrogen-bond acceptors (Lipinski definition) is 3. The summed E-state index contributed by atoms with van der Waals surface area (Å²) >= 11 is 5.99. The first-order valence-electron chi connectivity index (χ1n) is 6.54. The highest BCUT2D eigenvalue weighted by Gasteiger charge is 2.16. The van der Waals surface area contributed by atoms with Crippen molar-refractivity contribution in [3.05, 3.63) is 57.1 Å². The molecule has 0 aliphatic rings. The Kier molecular flexibility index (Phi) is 3.46. The zero-order chi connectivity index (χ0) is 15.9. The largest absolute Gasteiger partial charge is 0.481 e. The normalized spacial score (nSPS) is 11.0. The minimum atomic E-state index is -1.07. The molecule has 112 valence electrons. The lowest BCUT2D eigenvalue weighted by Crippen LogP contribution is -2.23. The number of carboxylic acid groups (broad SMARTS) is 1. The van der Waals surface area contributed by atoms with Crippen molar-refractivity contribution in [3.63, 3.8) is 0 Å². The van der Waals surface area contributed by atoms with Gasteiger partial charge in [-0.25, -0.2) is 9.50 Å². The van der Waals surface area contributed by atoms with Crippen LogP contribution in [0.15, 0.2) is 35.3 Å². The Hall–Kier alpha value is -2.60. The Bertz CT molecular complexity index is 943. The van der Waals surface area contributed by atoms with Gasteiger partial charge < -0.3 is 5.11 Å². The lowest BCUT2D eigenvalue weighted by atomic mass is 10.1. The van der Waals surface area contributed by atoms with Crippen LogP contribution in [-0.4, -0.2) is 25.7 Å². The number of nitrogens with one attached hydrogen (secondary N) is 1. The summed E-state index contributed by atoms with van der Waals surface area (Å²) in [4.78, 5) is 27.7. The summed E-state index contributed by atoms with van der Waals surface area (Å²) in [6, 6.07) is 7.21. The summed E-state index contributed by atoms with van der Waals surface area (Å²) in [6.45, 7) is 1.63. The monoisotopic (exact) mass is 317 g/mol. The van der Waals surface area contributed by atoms with Crippen molar-refractivity contribution in [2.75, 3.05) is 0 Å². The first-order valence-corrected chi connectivity index (χ1v) is 6.92. The van der Waals surface area contributed by atoms with Crippen LogP contribution in [0, 0.1) is 6.92 Å². The van der Waals surface area contributed by atoms with Gasteiger partial charge in [0.25, 0.3) is 5.56 Å². The van der Waals surface area contributed by atoms with E-state index in [9.17, 15) is 9.59 Å². The highest BCUT2D eigenvalue weighted by atomic mass is 35.5. The second-order valence-corrected chi connectivity index (χ2v) is 5.34. The highest BCUT2D eigenvalue weighted by Crippen LogP contribution is 2.25. The van der Waals surface area contributed by atoms with Crippen molar-refractivity contribution < 1.29 is 9.90 Å². The van der Waals surface area contributed by atoms with E-state index < -0.39 is 11.5 Å². The highest BCUT2D eigenvalue weighted by molar-refractivity contribution is 6.30. The number of hydrogen-bond donors (Lipinski definition) is 2. The molecule has 0 saturated heterocycles. The van der Waals surface area contributed by atoms with E-state index in [1.54, 1.807) is 25.3 Å². The van der Waals surface area contributed by atoms with E-state index in [1.165, 1.54) is 4.52 Å². The molecule has 22 heavy (non-hydrogen) atoms. The molecule has 2 heterocycles. The molecule has 3 rings (SSSR count). The molecule has 0 fully saturated rings. The SMILES string of the molecule is Cc1nc2c(-c3cccc(Cl)c3)c[nH]n2c(=O)c1CC(=O)O. The Morgan fingerprint density at radius 1 is 1.45 bits per heavy atom. The van der Waals surface area contributed by atoms with Crippen LogP contribution in [0.1, 0.15) is 11.3 Å². The Balaban J connectivity index is 2.25. The Morgan fingerprint density at radius 2 is 2.23 bits per heavy atom. The number of nitrogens with zero attached hydrogens (tertiary/aromatic N) is 2. The van der Waals surface area contributed by atoms with E-state index in [-0.39, 0.29) is 12.0 Å². The van der Waals surface area contributed by atoms with E-state index in [4.69, 9.17) is 16.7 Å². The fraction of sp³-hybridized carbons (Fsp3) is 0.133. The summed E-state index contributed by atoms with van der Waals surface area (Å²) in [7, 11) is 0.